The normalized spacial score (nSPS) is 24.3. The lowest BCUT2D eigenvalue weighted by Crippen LogP contribution is -2.57. The van der Waals surface area contributed by atoms with Crippen molar-refractivity contribution in [1.29, 1.82) is 0 Å². The van der Waals surface area contributed by atoms with Gasteiger partial charge in [0.1, 0.15) is 11.6 Å². The van der Waals surface area contributed by atoms with Gasteiger partial charge in [0.15, 0.2) is 5.82 Å². The summed E-state index contributed by atoms with van der Waals surface area (Å²) in [5.74, 6) is 3.20. The molecule has 4 fully saturated rings. The van der Waals surface area contributed by atoms with E-state index in [0.29, 0.717) is 18.1 Å². The van der Waals surface area contributed by atoms with Gasteiger partial charge in [0.2, 0.25) is 0 Å². The molecule has 2 aromatic heterocycles. The molecule has 4 saturated heterocycles. The standard InChI is InChI=1S/C23H28N6O/c1-14-7-17-11-25-29(21(17)9-20(14)16-3-5-24-6-4-16)23-10-22(26-15(2)27-23)28-12-18-8-19(13-28)30-18/h7,9-11,16,18-19,24H,3-6,8,12-13H2,1-2H3. The summed E-state index contributed by atoms with van der Waals surface area (Å²) in [6, 6.07) is 6.70. The monoisotopic (exact) mass is 404 g/mol. The number of aryl methyl sites for hydroxylation is 2. The van der Waals surface area contributed by atoms with Crippen LogP contribution in [0.5, 0.6) is 0 Å². The molecule has 2 bridgehead atoms. The highest BCUT2D eigenvalue weighted by Gasteiger charge is 2.39. The van der Waals surface area contributed by atoms with Gasteiger partial charge in [-0.15, -0.1) is 0 Å². The zero-order chi connectivity index (χ0) is 20.2. The van der Waals surface area contributed by atoms with E-state index in [1.807, 2.05) is 17.8 Å². The number of anilines is 1. The molecule has 3 aromatic rings. The molecule has 1 N–H and O–H groups in total. The molecule has 2 unspecified atom stereocenters. The molecule has 1 aromatic carbocycles. The Bertz CT molecular complexity index is 1090. The van der Waals surface area contributed by atoms with Crippen LogP contribution in [0.25, 0.3) is 16.7 Å². The van der Waals surface area contributed by atoms with Gasteiger partial charge in [-0.25, -0.2) is 14.6 Å². The molecule has 4 aliphatic heterocycles. The molecule has 0 spiro atoms. The zero-order valence-corrected chi connectivity index (χ0v) is 17.6. The fourth-order valence-electron chi connectivity index (χ4n) is 5.31. The van der Waals surface area contributed by atoms with Crippen LogP contribution in [-0.2, 0) is 4.74 Å². The number of fused-ring (bicyclic) bond motifs is 3. The molecule has 0 radical (unpaired) electrons. The molecule has 2 atom stereocenters. The van der Waals surface area contributed by atoms with Gasteiger partial charge in [-0.1, -0.05) is 0 Å². The van der Waals surface area contributed by atoms with Crippen molar-refractivity contribution in [1.82, 2.24) is 25.1 Å². The van der Waals surface area contributed by atoms with Gasteiger partial charge >= 0.3 is 0 Å². The highest BCUT2D eigenvalue weighted by molar-refractivity contribution is 5.82. The van der Waals surface area contributed by atoms with E-state index in [-0.39, 0.29) is 0 Å². The van der Waals surface area contributed by atoms with Crippen LogP contribution >= 0.6 is 0 Å². The van der Waals surface area contributed by atoms with Crippen molar-refractivity contribution in [3.05, 3.63) is 41.3 Å². The van der Waals surface area contributed by atoms with Crippen molar-refractivity contribution >= 4 is 16.7 Å². The Hall–Kier alpha value is -2.51. The third-order valence-electron chi connectivity index (χ3n) is 6.85. The summed E-state index contributed by atoms with van der Waals surface area (Å²) in [5.41, 5.74) is 3.94. The highest BCUT2D eigenvalue weighted by Crippen LogP contribution is 2.33. The summed E-state index contributed by atoms with van der Waals surface area (Å²) in [5, 5.41) is 9.35. The summed E-state index contributed by atoms with van der Waals surface area (Å²) < 4.78 is 7.78. The Kier molecular flexibility index (Phi) is 4.28. The van der Waals surface area contributed by atoms with E-state index in [1.165, 1.54) is 30.4 Å². The first-order valence-corrected chi connectivity index (χ1v) is 11.1. The summed E-state index contributed by atoms with van der Waals surface area (Å²) in [4.78, 5) is 11.8. The number of rotatable bonds is 3. The minimum atomic E-state index is 0.350. The van der Waals surface area contributed by atoms with E-state index < -0.39 is 0 Å². The smallest absolute Gasteiger partial charge is 0.159 e. The average molecular weight is 405 g/mol. The number of hydrogen-bond donors (Lipinski definition) is 1. The second kappa shape index (κ2) is 7.03. The molecular weight excluding hydrogens is 376 g/mol. The topological polar surface area (TPSA) is 68.1 Å². The predicted octanol–water partition coefficient (Wildman–Crippen LogP) is 2.88. The molecule has 6 heterocycles. The highest BCUT2D eigenvalue weighted by atomic mass is 16.5. The summed E-state index contributed by atoms with van der Waals surface area (Å²) in [6.45, 7) is 8.20. The van der Waals surface area contributed by atoms with E-state index >= 15 is 0 Å². The van der Waals surface area contributed by atoms with Crippen LogP contribution in [0.2, 0.25) is 0 Å². The van der Waals surface area contributed by atoms with E-state index in [1.54, 1.807) is 0 Å². The van der Waals surface area contributed by atoms with Crippen molar-refractivity contribution < 1.29 is 4.74 Å². The van der Waals surface area contributed by atoms with Crippen LogP contribution in [0.1, 0.15) is 42.1 Å². The van der Waals surface area contributed by atoms with E-state index in [0.717, 1.165) is 54.5 Å². The molecule has 156 valence electrons. The summed E-state index contributed by atoms with van der Waals surface area (Å²) in [6.07, 6.45) is 6.21. The molecule has 7 rings (SSSR count). The second-order valence-electron chi connectivity index (χ2n) is 9.00. The molecule has 7 nitrogen and oxygen atoms in total. The maximum absolute atomic E-state index is 5.79. The number of morpholine rings is 1. The third kappa shape index (κ3) is 3.08. The number of hydrogen-bond acceptors (Lipinski definition) is 6. The lowest BCUT2D eigenvalue weighted by atomic mass is 9.87. The fraction of sp³-hybridized carbons (Fsp3) is 0.522. The Morgan fingerprint density at radius 1 is 1.00 bits per heavy atom. The van der Waals surface area contributed by atoms with E-state index in [9.17, 15) is 0 Å². The maximum Gasteiger partial charge on any atom is 0.159 e. The van der Waals surface area contributed by atoms with Crippen molar-refractivity contribution in [2.75, 3.05) is 31.1 Å². The van der Waals surface area contributed by atoms with Gasteiger partial charge in [0.25, 0.3) is 0 Å². The molecule has 0 amide bonds. The van der Waals surface area contributed by atoms with Crippen molar-refractivity contribution in [3.8, 4) is 5.82 Å². The van der Waals surface area contributed by atoms with Crippen LogP contribution < -0.4 is 10.2 Å². The van der Waals surface area contributed by atoms with Gasteiger partial charge in [0.05, 0.1) is 23.9 Å². The number of aromatic nitrogens is 4. The van der Waals surface area contributed by atoms with E-state index in [2.05, 4.69) is 35.3 Å². The van der Waals surface area contributed by atoms with Gasteiger partial charge in [-0.2, -0.15) is 5.10 Å². The first-order valence-electron chi connectivity index (χ1n) is 11.1. The van der Waals surface area contributed by atoms with Crippen molar-refractivity contribution in [2.45, 2.75) is 51.2 Å². The van der Waals surface area contributed by atoms with Crippen molar-refractivity contribution in [2.24, 2.45) is 0 Å². The first-order chi connectivity index (χ1) is 14.6. The quantitative estimate of drug-likeness (QED) is 0.724. The van der Waals surface area contributed by atoms with Crippen LogP contribution in [-0.4, -0.2) is 58.1 Å². The number of ether oxygens (including phenoxy) is 1. The lowest BCUT2D eigenvalue weighted by Gasteiger charge is -2.47. The van der Waals surface area contributed by atoms with Crippen LogP contribution in [0.3, 0.4) is 0 Å². The Balaban J connectivity index is 1.40. The lowest BCUT2D eigenvalue weighted by molar-refractivity contribution is -0.133. The Labute approximate surface area is 176 Å². The van der Waals surface area contributed by atoms with Crippen LogP contribution in [0.15, 0.2) is 24.4 Å². The minimum absolute atomic E-state index is 0.350. The van der Waals surface area contributed by atoms with Crippen molar-refractivity contribution in [3.63, 3.8) is 0 Å². The Morgan fingerprint density at radius 2 is 1.73 bits per heavy atom. The van der Waals surface area contributed by atoms with Gasteiger partial charge in [0, 0.05) is 31.0 Å². The minimum Gasteiger partial charge on any atom is -0.371 e. The fourth-order valence-corrected chi connectivity index (χ4v) is 5.31. The molecule has 4 aliphatic rings. The van der Waals surface area contributed by atoms with Gasteiger partial charge < -0.3 is 15.0 Å². The maximum atomic E-state index is 5.79. The average Bonchev–Trinajstić information content (AvgIpc) is 3.15. The first kappa shape index (κ1) is 18.3. The van der Waals surface area contributed by atoms with Gasteiger partial charge in [-0.3, -0.25) is 0 Å². The largest absolute Gasteiger partial charge is 0.371 e. The molecule has 7 heteroatoms. The van der Waals surface area contributed by atoms with Crippen LogP contribution in [0.4, 0.5) is 5.82 Å². The van der Waals surface area contributed by atoms with E-state index in [4.69, 9.17) is 19.8 Å². The number of nitrogens with zero attached hydrogens (tertiary/aromatic N) is 5. The summed E-state index contributed by atoms with van der Waals surface area (Å²) >= 11 is 0. The number of nitrogens with one attached hydrogen (secondary N) is 1. The third-order valence-corrected chi connectivity index (χ3v) is 6.85. The molecule has 30 heavy (non-hydrogen) atoms. The predicted molar refractivity (Wildman–Crippen MR) is 116 cm³/mol. The summed E-state index contributed by atoms with van der Waals surface area (Å²) in [7, 11) is 0. The molecule has 0 saturated carbocycles. The second-order valence-corrected chi connectivity index (χ2v) is 9.00. The molecular formula is C23H28N6O. The number of benzene rings is 1. The van der Waals surface area contributed by atoms with Crippen LogP contribution in [0, 0.1) is 13.8 Å². The SMILES string of the molecule is Cc1nc(N2CC3CC(C2)O3)cc(-n2ncc3cc(C)c(C4CCNCC4)cc32)n1. The zero-order valence-electron chi connectivity index (χ0n) is 17.6. The van der Waals surface area contributed by atoms with Gasteiger partial charge in [-0.05, 0) is 69.0 Å². The number of piperidine rings is 2. The Morgan fingerprint density at radius 3 is 2.50 bits per heavy atom. The molecule has 0 aliphatic carbocycles.